The quantitative estimate of drug-likeness (QED) is 0.622. The van der Waals surface area contributed by atoms with Gasteiger partial charge in [0, 0.05) is 6.54 Å². The lowest BCUT2D eigenvalue weighted by atomic mass is 9.99. The molecule has 0 N–H and O–H groups in total. The minimum Gasteiger partial charge on any atom is -0.207 e. The molecule has 3 nitrogen and oxygen atoms in total. The van der Waals surface area contributed by atoms with E-state index in [1.807, 2.05) is 68.5 Å². The van der Waals surface area contributed by atoms with Crippen molar-refractivity contribution in [1.82, 2.24) is 4.31 Å². The molecule has 120 valence electrons. The Balaban J connectivity index is 1.90. The Morgan fingerprint density at radius 2 is 1.74 bits per heavy atom. The van der Waals surface area contributed by atoms with Crippen molar-refractivity contribution in [2.45, 2.75) is 30.7 Å². The third-order valence-electron chi connectivity index (χ3n) is 4.25. The second kappa shape index (κ2) is 5.95. The van der Waals surface area contributed by atoms with Crippen molar-refractivity contribution in [2.75, 3.05) is 6.54 Å². The van der Waals surface area contributed by atoms with E-state index in [0.717, 1.165) is 11.1 Å². The number of benzene rings is 2. The maximum atomic E-state index is 12.9. The summed E-state index contributed by atoms with van der Waals surface area (Å²) in [5, 5.41) is 0. The van der Waals surface area contributed by atoms with Gasteiger partial charge in [0.15, 0.2) is 0 Å². The van der Waals surface area contributed by atoms with E-state index in [2.05, 4.69) is 0 Å². The smallest absolute Gasteiger partial charge is 0.207 e. The zero-order chi connectivity index (χ0) is 16.5. The molecule has 23 heavy (non-hydrogen) atoms. The summed E-state index contributed by atoms with van der Waals surface area (Å²) in [5.41, 5.74) is 1.77. The summed E-state index contributed by atoms with van der Waals surface area (Å²) < 4.78 is 27.4. The lowest BCUT2D eigenvalue weighted by molar-refractivity contribution is 0.531. The zero-order valence-corrected chi connectivity index (χ0v) is 14.3. The minimum absolute atomic E-state index is 0.363. The SMILES string of the molecule is C/C=C\[C@@]1(Cc2ccccc2)CN1S(=O)(=O)c1ccc(C)cc1. The van der Waals surface area contributed by atoms with Crippen LogP contribution >= 0.6 is 0 Å². The van der Waals surface area contributed by atoms with Crippen LogP contribution in [0.4, 0.5) is 0 Å². The number of rotatable bonds is 5. The van der Waals surface area contributed by atoms with E-state index in [9.17, 15) is 8.42 Å². The lowest BCUT2D eigenvalue weighted by Crippen LogP contribution is -2.24. The highest BCUT2D eigenvalue weighted by atomic mass is 32.2. The summed E-state index contributed by atoms with van der Waals surface area (Å²) in [5.74, 6) is 0. The molecule has 1 saturated heterocycles. The van der Waals surface area contributed by atoms with Crippen molar-refractivity contribution < 1.29 is 8.42 Å². The number of aryl methyl sites for hydroxylation is 1. The van der Waals surface area contributed by atoms with Crippen LogP contribution in [-0.2, 0) is 16.4 Å². The Bertz CT molecular complexity index is 810. The van der Waals surface area contributed by atoms with Crippen molar-refractivity contribution in [3.63, 3.8) is 0 Å². The monoisotopic (exact) mass is 327 g/mol. The highest BCUT2D eigenvalue weighted by Gasteiger charge is 2.56. The number of hydrogen-bond acceptors (Lipinski definition) is 2. The predicted octanol–water partition coefficient (Wildman–Crippen LogP) is 3.56. The molecule has 1 unspecified atom stereocenters. The highest BCUT2D eigenvalue weighted by Crippen LogP contribution is 2.42. The van der Waals surface area contributed by atoms with Crippen molar-refractivity contribution in [3.05, 3.63) is 77.9 Å². The Morgan fingerprint density at radius 1 is 1.09 bits per heavy atom. The van der Waals surface area contributed by atoms with Gasteiger partial charge in [0.1, 0.15) is 0 Å². The van der Waals surface area contributed by atoms with Crippen LogP contribution in [0.25, 0.3) is 0 Å². The zero-order valence-electron chi connectivity index (χ0n) is 13.4. The van der Waals surface area contributed by atoms with Gasteiger partial charge in [0.05, 0.1) is 10.4 Å². The van der Waals surface area contributed by atoms with Crippen molar-refractivity contribution in [3.8, 4) is 0 Å². The van der Waals surface area contributed by atoms with E-state index < -0.39 is 15.6 Å². The third-order valence-corrected chi connectivity index (χ3v) is 6.19. The fourth-order valence-corrected chi connectivity index (χ4v) is 4.71. The van der Waals surface area contributed by atoms with E-state index in [4.69, 9.17) is 0 Å². The van der Waals surface area contributed by atoms with Gasteiger partial charge in [-0.15, -0.1) is 0 Å². The maximum absolute atomic E-state index is 12.9. The molecule has 0 spiro atoms. The molecular weight excluding hydrogens is 306 g/mol. The highest BCUT2D eigenvalue weighted by molar-refractivity contribution is 7.89. The van der Waals surface area contributed by atoms with Gasteiger partial charge in [-0.1, -0.05) is 60.2 Å². The molecule has 0 aromatic heterocycles. The normalized spacial score (nSPS) is 24.0. The molecule has 2 aromatic carbocycles. The van der Waals surface area contributed by atoms with E-state index in [1.54, 1.807) is 16.4 Å². The Morgan fingerprint density at radius 3 is 2.35 bits per heavy atom. The van der Waals surface area contributed by atoms with Crippen LogP contribution in [0, 0.1) is 6.92 Å². The Labute approximate surface area is 138 Å². The molecule has 0 amide bonds. The summed E-state index contributed by atoms with van der Waals surface area (Å²) in [6, 6.07) is 17.1. The third kappa shape index (κ3) is 3.09. The first-order valence-corrected chi connectivity index (χ1v) is 9.19. The van der Waals surface area contributed by atoms with Crippen molar-refractivity contribution in [1.29, 1.82) is 0 Å². The lowest BCUT2D eigenvalue weighted by Gasteiger charge is -2.15. The molecule has 1 aliphatic heterocycles. The molecule has 1 aliphatic rings. The van der Waals surface area contributed by atoms with Crippen LogP contribution in [-0.4, -0.2) is 24.8 Å². The van der Waals surface area contributed by atoms with E-state index in [1.165, 1.54) is 0 Å². The first-order valence-electron chi connectivity index (χ1n) is 7.75. The average Bonchev–Trinajstić information content (AvgIpc) is 3.24. The molecule has 0 bridgehead atoms. The molecular formula is C19H21NO2S. The van der Waals surface area contributed by atoms with E-state index in [0.29, 0.717) is 17.9 Å². The fourth-order valence-electron chi connectivity index (χ4n) is 2.97. The van der Waals surface area contributed by atoms with Crippen LogP contribution in [0.15, 0.2) is 71.6 Å². The molecule has 2 atom stereocenters. The molecule has 4 heteroatoms. The summed E-state index contributed by atoms with van der Waals surface area (Å²) in [7, 11) is -3.45. The summed E-state index contributed by atoms with van der Waals surface area (Å²) in [6.07, 6.45) is 4.64. The number of nitrogens with zero attached hydrogens (tertiary/aromatic N) is 1. The molecule has 2 aromatic rings. The first-order chi connectivity index (χ1) is 11.0. The van der Waals surface area contributed by atoms with Crippen LogP contribution in [0.1, 0.15) is 18.1 Å². The summed E-state index contributed by atoms with van der Waals surface area (Å²) in [6.45, 7) is 4.41. The molecule has 1 fully saturated rings. The molecule has 0 aliphatic carbocycles. The van der Waals surface area contributed by atoms with Gasteiger partial charge in [-0.05, 0) is 38.0 Å². The molecule has 3 rings (SSSR count). The second-order valence-electron chi connectivity index (χ2n) is 6.09. The van der Waals surface area contributed by atoms with Gasteiger partial charge in [0.2, 0.25) is 10.0 Å². The van der Waals surface area contributed by atoms with E-state index in [-0.39, 0.29) is 0 Å². The van der Waals surface area contributed by atoms with Crippen LogP contribution in [0.3, 0.4) is 0 Å². The van der Waals surface area contributed by atoms with Gasteiger partial charge in [0.25, 0.3) is 0 Å². The van der Waals surface area contributed by atoms with Gasteiger partial charge in [-0.2, -0.15) is 4.31 Å². The Kier molecular flexibility index (Phi) is 4.13. The first kappa shape index (κ1) is 16.0. The molecule has 0 radical (unpaired) electrons. The van der Waals surface area contributed by atoms with Crippen LogP contribution in [0.5, 0.6) is 0 Å². The minimum atomic E-state index is -3.45. The van der Waals surface area contributed by atoms with Gasteiger partial charge >= 0.3 is 0 Å². The number of sulfonamides is 1. The molecule has 1 heterocycles. The number of allylic oxidation sites excluding steroid dienone is 1. The van der Waals surface area contributed by atoms with Crippen LogP contribution < -0.4 is 0 Å². The standard InChI is InChI=1S/C19H21NO2S/c1-3-13-19(14-17-7-5-4-6-8-17)15-20(19)23(21,22)18-11-9-16(2)10-12-18/h3-13H,14-15H2,1-2H3/b13-3-/t19-,20?/m1/s1. The van der Waals surface area contributed by atoms with Gasteiger partial charge < -0.3 is 0 Å². The number of hydrogen-bond donors (Lipinski definition) is 0. The Hall–Kier alpha value is -1.91. The van der Waals surface area contributed by atoms with Gasteiger partial charge in [-0.25, -0.2) is 8.42 Å². The van der Waals surface area contributed by atoms with Crippen molar-refractivity contribution in [2.24, 2.45) is 0 Å². The average molecular weight is 327 g/mol. The van der Waals surface area contributed by atoms with Gasteiger partial charge in [-0.3, -0.25) is 0 Å². The second-order valence-corrected chi connectivity index (χ2v) is 7.95. The largest absolute Gasteiger partial charge is 0.243 e. The van der Waals surface area contributed by atoms with Crippen LogP contribution in [0.2, 0.25) is 0 Å². The molecule has 0 saturated carbocycles. The predicted molar refractivity (Wildman–Crippen MR) is 92.8 cm³/mol. The summed E-state index contributed by atoms with van der Waals surface area (Å²) >= 11 is 0. The summed E-state index contributed by atoms with van der Waals surface area (Å²) in [4.78, 5) is 0.363. The maximum Gasteiger partial charge on any atom is 0.243 e. The fraction of sp³-hybridized carbons (Fsp3) is 0.263. The van der Waals surface area contributed by atoms with E-state index >= 15 is 0 Å². The van der Waals surface area contributed by atoms with Crippen molar-refractivity contribution >= 4 is 10.0 Å². The topological polar surface area (TPSA) is 37.1 Å².